The molecule has 0 aliphatic rings. The Morgan fingerprint density at radius 2 is 2.08 bits per heavy atom. The van der Waals surface area contributed by atoms with E-state index in [1.165, 1.54) is 0 Å². The summed E-state index contributed by atoms with van der Waals surface area (Å²) < 4.78 is 7.18. The summed E-state index contributed by atoms with van der Waals surface area (Å²) in [6, 6.07) is 1.93. The lowest BCUT2D eigenvalue weighted by Gasteiger charge is -2.11. The van der Waals surface area contributed by atoms with Crippen molar-refractivity contribution in [1.29, 1.82) is 0 Å². The molecule has 0 atom stereocenters. The number of hydrogen-bond donors (Lipinski definition) is 0. The first-order chi connectivity index (χ1) is 6.11. The first-order valence-corrected chi connectivity index (χ1v) is 5.81. The van der Waals surface area contributed by atoms with Crippen molar-refractivity contribution in [3.63, 3.8) is 0 Å². The van der Waals surface area contributed by atoms with E-state index in [2.05, 4.69) is 31.9 Å². The molecule has 0 aliphatic carbocycles. The van der Waals surface area contributed by atoms with Crippen LogP contribution in [0.3, 0.4) is 0 Å². The van der Waals surface area contributed by atoms with E-state index in [4.69, 9.17) is 16.3 Å². The quantitative estimate of drug-likeness (QED) is 0.737. The molecule has 1 aromatic rings. The number of halogens is 3. The Labute approximate surface area is 99.7 Å². The second-order valence-electron chi connectivity index (χ2n) is 2.61. The van der Waals surface area contributed by atoms with Crippen LogP contribution < -0.4 is 4.74 Å². The van der Waals surface area contributed by atoms with E-state index in [-0.39, 0.29) is 0 Å². The number of rotatable bonds is 2. The summed E-state index contributed by atoms with van der Waals surface area (Å²) in [6.45, 7) is 1.99. The third-order valence-electron chi connectivity index (χ3n) is 1.86. The smallest absolute Gasteiger partial charge is 0.124 e. The first kappa shape index (κ1) is 11.3. The maximum atomic E-state index is 5.80. The van der Waals surface area contributed by atoms with Crippen LogP contribution in [0.1, 0.15) is 11.1 Å². The van der Waals surface area contributed by atoms with Gasteiger partial charge in [-0.3, -0.25) is 0 Å². The highest BCUT2D eigenvalue weighted by Gasteiger charge is 2.11. The van der Waals surface area contributed by atoms with Gasteiger partial charge in [0.05, 0.1) is 7.11 Å². The summed E-state index contributed by atoms with van der Waals surface area (Å²) in [5, 5.41) is 0. The molecule has 72 valence electrons. The number of alkyl halides is 1. The van der Waals surface area contributed by atoms with Crippen molar-refractivity contribution < 1.29 is 4.74 Å². The van der Waals surface area contributed by atoms with E-state index in [9.17, 15) is 0 Å². The summed E-state index contributed by atoms with van der Waals surface area (Å²) in [4.78, 5) is 0. The zero-order valence-electron chi connectivity index (χ0n) is 7.33. The molecule has 1 nitrogen and oxygen atoms in total. The van der Waals surface area contributed by atoms with Crippen molar-refractivity contribution >= 4 is 43.5 Å². The Morgan fingerprint density at radius 3 is 2.54 bits per heavy atom. The van der Waals surface area contributed by atoms with Crippen LogP contribution >= 0.6 is 43.5 Å². The topological polar surface area (TPSA) is 9.23 Å². The van der Waals surface area contributed by atoms with Gasteiger partial charge in [-0.2, -0.15) is 0 Å². The van der Waals surface area contributed by atoms with Gasteiger partial charge in [0.2, 0.25) is 0 Å². The van der Waals surface area contributed by atoms with Crippen molar-refractivity contribution in [2.75, 3.05) is 7.11 Å². The zero-order chi connectivity index (χ0) is 10.0. The molecular formula is C9H9Br2ClO. The van der Waals surface area contributed by atoms with Crippen LogP contribution in [-0.2, 0) is 5.88 Å². The van der Waals surface area contributed by atoms with Gasteiger partial charge < -0.3 is 4.74 Å². The fourth-order valence-electron chi connectivity index (χ4n) is 1.08. The molecular weight excluding hydrogens is 319 g/mol. The fourth-order valence-corrected chi connectivity index (χ4v) is 3.05. The Hall–Kier alpha value is 0.270. The summed E-state index contributed by atoms with van der Waals surface area (Å²) >= 11 is 12.7. The minimum absolute atomic E-state index is 0.478. The second-order valence-corrected chi connectivity index (χ2v) is 4.53. The Balaban J connectivity index is 3.37. The van der Waals surface area contributed by atoms with Gasteiger partial charge in [-0.15, -0.1) is 11.6 Å². The highest BCUT2D eigenvalue weighted by molar-refractivity contribution is 9.11. The predicted molar refractivity (Wildman–Crippen MR) is 62.7 cm³/mol. The Morgan fingerprint density at radius 1 is 1.46 bits per heavy atom. The van der Waals surface area contributed by atoms with Gasteiger partial charge in [-0.1, -0.05) is 31.9 Å². The first-order valence-electron chi connectivity index (χ1n) is 3.69. The van der Waals surface area contributed by atoms with Crippen molar-refractivity contribution in [1.82, 2.24) is 0 Å². The monoisotopic (exact) mass is 326 g/mol. The molecule has 0 fully saturated rings. The molecule has 1 rings (SSSR count). The summed E-state index contributed by atoms with van der Waals surface area (Å²) in [7, 11) is 1.65. The van der Waals surface area contributed by atoms with Gasteiger partial charge in [0, 0.05) is 20.4 Å². The molecule has 0 aliphatic heterocycles. The highest BCUT2D eigenvalue weighted by Crippen LogP contribution is 2.35. The van der Waals surface area contributed by atoms with Crippen LogP contribution in [0, 0.1) is 6.92 Å². The predicted octanol–water partition coefficient (Wildman–Crippen LogP) is 4.27. The molecule has 0 N–H and O–H groups in total. The average molecular weight is 328 g/mol. The van der Waals surface area contributed by atoms with Crippen LogP contribution in [-0.4, -0.2) is 7.11 Å². The average Bonchev–Trinajstić information content (AvgIpc) is 2.12. The molecule has 4 heteroatoms. The normalized spacial score (nSPS) is 10.2. The SMILES string of the molecule is COc1cc(Br)c(CCl)c(Br)c1C. The lowest BCUT2D eigenvalue weighted by atomic mass is 10.1. The number of methoxy groups -OCH3 is 1. The van der Waals surface area contributed by atoms with E-state index in [1.807, 2.05) is 13.0 Å². The molecule has 0 unspecified atom stereocenters. The third kappa shape index (κ3) is 2.20. The zero-order valence-corrected chi connectivity index (χ0v) is 11.3. The molecule has 0 amide bonds. The summed E-state index contributed by atoms with van der Waals surface area (Å²) in [6.07, 6.45) is 0. The molecule has 0 saturated heterocycles. The Kier molecular flexibility index (Phi) is 4.07. The molecule has 13 heavy (non-hydrogen) atoms. The van der Waals surface area contributed by atoms with Crippen LogP contribution in [0.2, 0.25) is 0 Å². The summed E-state index contributed by atoms with van der Waals surface area (Å²) in [5.41, 5.74) is 2.13. The molecule has 0 spiro atoms. The lowest BCUT2D eigenvalue weighted by molar-refractivity contribution is 0.411. The second kappa shape index (κ2) is 4.67. The maximum Gasteiger partial charge on any atom is 0.124 e. The van der Waals surface area contributed by atoms with Gasteiger partial charge in [0.1, 0.15) is 5.75 Å². The number of ether oxygens (including phenoxy) is 1. The van der Waals surface area contributed by atoms with Crippen molar-refractivity contribution in [2.24, 2.45) is 0 Å². The summed E-state index contributed by atoms with van der Waals surface area (Å²) in [5.74, 6) is 1.33. The van der Waals surface area contributed by atoms with Crippen LogP contribution in [0.25, 0.3) is 0 Å². The van der Waals surface area contributed by atoms with E-state index >= 15 is 0 Å². The lowest BCUT2D eigenvalue weighted by Crippen LogP contribution is -1.93. The van der Waals surface area contributed by atoms with E-state index in [0.717, 1.165) is 25.8 Å². The van der Waals surface area contributed by atoms with Gasteiger partial charge in [-0.05, 0) is 18.6 Å². The van der Waals surface area contributed by atoms with Crippen molar-refractivity contribution in [3.05, 3.63) is 26.1 Å². The van der Waals surface area contributed by atoms with Gasteiger partial charge in [0.15, 0.2) is 0 Å². The largest absolute Gasteiger partial charge is 0.496 e. The Bertz CT molecular complexity index is 326. The maximum absolute atomic E-state index is 5.80. The van der Waals surface area contributed by atoms with Crippen molar-refractivity contribution in [2.45, 2.75) is 12.8 Å². The van der Waals surface area contributed by atoms with E-state index in [0.29, 0.717) is 5.88 Å². The fraction of sp³-hybridized carbons (Fsp3) is 0.333. The third-order valence-corrected chi connectivity index (χ3v) is 3.91. The molecule has 0 saturated carbocycles. The standard InChI is InChI=1S/C9H9Br2ClO/c1-5-8(13-2)3-7(10)6(4-12)9(5)11/h3H,4H2,1-2H3. The van der Waals surface area contributed by atoms with Crippen LogP contribution in [0.5, 0.6) is 5.75 Å². The minimum atomic E-state index is 0.478. The molecule has 0 bridgehead atoms. The van der Waals surface area contributed by atoms with Gasteiger partial charge >= 0.3 is 0 Å². The molecule has 0 heterocycles. The van der Waals surface area contributed by atoms with Crippen molar-refractivity contribution in [3.8, 4) is 5.75 Å². The number of hydrogen-bond acceptors (Lipinski definition) is 1. The van der Waals surface area contributed by atoms with E-state index < -0.39 is 0 Å². The van der Waals surface area contributed by atoms with Gasteiger partial charge in [-0.25, -0.2) is 0 Å². The van der Waals surface area contributed by atoms with Gasteiger partial charge in [0.25, 0.3) is 0 Å². The molecule has 1 aromatic carbocycles. The van der Waals surface area contributed by atoms with E-state index in [1.54, 1.807) is 7.11 Å². The minimum Gasteiger partial charge on any atom is -0.496 e. The van der Waals surface area contributed by atoms with Crippen LogP contribution in [0.15, 0.2) is 15.0 Å². The molecule has 0 aromatic heterocycles. The number of benzene rings is 1. The van der Waals surface area contributed by atoms with Crippen LogP contribution in [0.4, 0.5) is 0 Å². The highest BCUT2D eigenvalue weighted by atomic mass is 79.9. The molecule has 0 radical (unpaired) electrons.